The van der Waals surface area contributed by atoms with E-state index >= 15 is 0 Å². The number of aromatic hydroxyl groups is 1. The van der Waals surface area contributed by atoms with Gasteiger partial charge in [0.15, 0.2) is 11.5 Å². The molecule has 3 N–H and O–H groups in total. The van der Waals surface area contributed by atoms with Crippen molar-refractivity contribution in [2.75, 3.05) is 13.7 Å². The summed E-state index contributed by atoms with van der Waals surface area (Å²) in [6.45, 7) is 0.950. The van der Waals surface area contributed by atoms with Crippen molar-refractivity contribution < 1.29 is 14.9 Å². The smallest absolute Gasteiger partial charge is 0.164 e. The highest BCUT2D eigenvalue weighted by Gasteiger charge is 2.48. The molecule has 0 radical (unpaired) electrons. The third kappa shape index (κ3) is 1.75. The number of aliphatic hydroxyl groups is 1. The summed E-state index contributed by atoms with van der Waals surface area (Å²) in [5.74, 6) is 0.855. The first kappa shape index (κ1) is 13.2. The van der Waals surface area contributed by atoms with Crippen molar-refractivity contribution in [3.63, 3.8) is 0 Å². The van der Waals surface area contributed by atoms with E-state index < -0.39 is 0 Å². The first-order valence-electron chi connectivity index (χ1n) is 7.68. The lowest BCUT2D eigenvalue weighted by Gasteiger charge is -2.33. The van der Waals surface area contributed by atoms with Crippen molar-refractivity contribution >= 4 is 0 Å². The molecular formula is C17H21NO3. The Bertz CT molecular complexity index is 625. The molecule has 1 spiro atoms. The summed E-state index contributed by atoms with van der Waals surface area (Å²) >= 11 is 0. The van der Waals surface area contributed by atoms with Gasteiger partial charge in [0, 0.05) is 17.0 Å². The van der Waals surface area contributed by atoms with Crippen molar-refractivity contribution in [3.05, 3.63) is 34.9 Å². The van der Waals surface area contributed by atoms with Gasteiger partial charge in [-0.2, -0.15) is 0 Å². The summed E-state index contributed by atoms with van der Waals surface area (Å²) in [6.07, 6.45) is 7.28. The first-order valence-corrected chi connectivity index (χ1v) is 7.68. The number of hydrogen-bond donors (Lipinski definition) is 3. The zero-order valence-corrected chi connectivity index (χ0v) is 12.2. The van der Waals surface area contributed by atoms with Gasteiger partial charge in [-0.3, -0.25) is 0 Å². The Morgan fingerprint density at radius 3 is 3.00 bits per heavy atom. The lowest BCUT2D eigenvalue weighted by atomic mass is 9.73. The molecule has 0 aromatic heterocycles. The van der Waals surface area contributed by atoms with Crippen LogP contribution in [0, 0.1) is 0 Å². The van der Waals surface area contributed by atoms with Gasteiger partial charge in [-0.05, 0) is 49.4 Å². The quantitative estimate of drug-likeness (QED) is 0.691. The van der Waals surface area contributed by atoms with Gasteiger partial charge in [-0.1, -0.05) is 12.2 Å². The molecule has 112 valence electrons. The predicted molar refractivity (Wildman–Crippen MR) is 79.8 cm³/mol. The molecule has 0 bridgehead atoms. The predicted octanol–water partition coefficient (Wildman–Crippen LogP) is 1.94. The maximum absolute atomic E-state index is 10.3. The van der Waals surface area contributed by atoms with Crippen LogP contribution in [0.25, 0.3) is 0 Å². The molecular weight excluding hydrogens is 266 g/mol. The molecule has 1 aliphatic heterocycles. The molecule has 3 aliphatic rings. The summed E-state index contributed by atoms with van der Waals surface area (Å²) in [5.41, 5.74) is 3.58. The maximum atomic E-state index is 10.3. The maximum Gasteiger partial charge on any atom is 0.164 e. The largest absolute Gasteiger partial charge is 0.504 e. The molecule has 4 heteroatoms. The molecule has 0 saturated heterocycles. The van der Waals surface area contributed by atoms with E-state index in [1.165, 1.54) is 11.1 Å². The van der Waals surface area contributed by atoms with Crippen LogP contribution in [-0.2, 0) is 11.8 Å². The zero-order chi connectivity index (χ0) is 14.6. The highest BCUT2D eigenvalue weighted by Crippen LogP contribution is 2.57. The molecule has 0 amide bonds. The fraction of sp³-hybridized carbons (Fsp3) is 0.529. The number of phenols is 1. The number of allylic oxidation sites excluding steroid dienone is 1. The van der Waals surface area contributed by atoms with Crippen LogP contribution in [0.15, 0.2) is 18.2 Å². The molecule has 1 heterocycles. The Morgan fingerprint density at radius 1 is 1.43 bits per heavy atom. The molecule has 4 nitrogen and oxygen atoms in total. The van der Waals surface area contributed by atoms with E-state index in [2.05, 4.69) is 11.4 Å². The van der Waals surface area contributed by atoms with Crippen LogP contribution in [0.4, 0.5) is 0 Å². The van der Waals surface area contributed by atoms with E-state index in [1.54, 1.807) is 7.11 Å². The average Bonchev–Trinajstić information content (AvgIpc) is 2.79. The van der Waals surface area contributed by atoms with Gasteiger partial charge in [-0.15, -0.1) is 0 Å². The van der Waals surface area contributed by atoms with Crippen LogP contribution in [-0.4, -0.2) is 30.0 Å². The lowest BCUT2D eigenvalue weighted by Crippen LogP contribution is -2.30. The second-order valence-electron chi connectivity index (χ2n) is 6.46. The van der Waals surface area contributed by atoms with Crippen LogP contribution in [0.5, 0.6) is 11.5 Å². The van der Waals surface area contributed by atoms with Gasteiger partial charge in [0.1, 0.15) is 0 Å². The zero-order valence-electron chi connectivity index (χ0n) is 12.2. The van der Waals surface area contributed by atoms with Crippen molar-refractivity contribution in [3.8, 4) is 11.5 Å². The van der Waals surface area contributed by atoms with Gasteiger partial charge in [0.2, 0.25) is 0 Å². The Morgan fingerprint density at radius 2 is 2.29 bits per heavy atom. The van der Waals surface area contributed by atoms with Crippen LogP contribution in [0.2, 0.25) is 0 Å². The first-order chi connectivity index (χ1) is 10.1. The van der Waals surface area contributed by atoms with Crippen molar-refractivity contribution in [1.82, 2.24) is 5.32 Å². The number of methoxy groups -OCH3 is 1. The van der Waals surface area contributed by atoms with E-state index in [0.717, 1.165) is 37.8 Å². The minimum absolute atomic E-state index is 0.116. The molecule has 4 rings (SSSR count). The number of rotatable bonds is 1. The van der Waals surface area contributed by atoms with Gasteiger partial charge in [0.25, 0.3) is 0 Å². The number of fused-ring (bicyclic) bond motifs is 1. The second kappa shape index (κ2) is 4.49. The highest BCUT2D eigenvalue weighted by molar-refractivity contribution is 5.63. The monoisotopic (exact) mass is 287 g/mol. The molecule has 3 atom stereocenters. The molecule has 2 aliphatic carbocycles. The molecule has 1 aromatic rings. The van der Waals surface area contributed by atoms with E-state index in [-0.39, 0.29) is 17.3 Å². The van der Waals surface area contributed by atoms with Gasteiger partial charge < -0.3 is 20.3 Å². The van der Waals surface area contributed by atoms with Crippen molar-refractivity contribution in [2.45, 2.75) is 43.2 Å². The number of ether oxygens (including phenoxy) is 1. The second-order valence-corrected chi connectivity index (χ2v) is 6.46. The Labute approximate surface area is 124 Å². The van der Waals surface area contributed by atoms with Gasteiger partial charge in [0.05, 0.1) is 13.2 Å². The number of nitrogens with one attached hydrogen (secondary N) is 1. The lowest BCUT2D eigenvalue weighted by molar-refractivity contribution is 0.185. The normalized spacial score (nSPS) is 33.2. The number of benzene rings is 1. The van der Waals surface area contributed by atoms with Crippen LogP contribution in [0.3, 0.4) is 0 Å². The van der Waals surface area contributed by atoms with Crippen molar-refractivity contribution in [2.24, 2.45) is 0 Å². The Hall–Kier alpha value is -1.52. The van der Waals surface area contributed by atoms with Crippen molar-refractivity contribution in [1.29, 1.82) is 0 Å². The third-order valence-corrected chi connectivity index (χ3v) is 5.31. The highest BCUT2D eigenvalue weighted by atomic mass is 16.5. The average molecular weight is 287 g/mol. The summed E-state index contributed by atoms with van der Waals surface area (Å²) in [5, 5.41) is 23.7. The van der Waals surface area contributed by atoms with Crippen LogP contribution in [0.1, 0.15) is 42.0 Å². The topological polar surface area (TPSA) is 61.7 Å². The standard InChI is InChI=1S/C17H21NO3/c1-21-16-13(20)8-10-4-7-18-12-9-17(15(16)14(10)12)5-2-11(19)3-6-17/h2,5,8,11-12,18-20H,3-4,6-7,9H2,1H3. The molecule has 21 heavy (non-hydrogen) atoms. The minimum Gasteiger partial charge on any atom is -0.504 e. The van der Waals surface area contributed by atoms with Crippen LogP contribution >= 0.6 is 0 Å². The fourth-order valence-corrected chi connectivity index (χ4v) is 4.41. The van der Waals surface area contributed by atoms with Crippen LogP contribution < -0.4 is 10.1 Å². The summed E-state index contributed by atoms with van der Waals surface area (Å²) in [4.78, 5) is 0. The summed E-state index contributed by atoms with van der Waals surface area (Å²) < 4.78 is 5.54. The summed E-state index contributed by atoms with van der Waals surface area (Å²) in [6, 6.07) is 2.20. The number of phenolic OH excluding ortho intramolecular Hbond substituents is 1. The molecule has 1 aromatic carbocycles. The minimum atomic E-state index is -0.348. The number of hydrogen-bond acceptors (Lipinski definition) is 4. The molecule has 3 unspecified atom stereocenters. The van der Waals surface area contributed by atoms with Gasteiger partial charge >= 0.3 is 0 Å². The van der Waals surface area contributed by atoms with E-state index in [4.69, 9.17) is 4.74 Å². The molecule has 0 saturated carbocycles. The number of aliphatic hydroxyl groups excluding tert-OH is 1. The fourth-order valence-electron chi connectivity index (χ4n) is 4.41. The van der Waals surface area contributed by atoms with E-state index in [9.17, 15) is 10.2 Å². The van der Waals surface area contributed by atoms with E-state index in [1.807, 2.05) is 12.1 Å². The van der Waals surface area contributed by atoms with Gasteiger partial charge in [-0.25, -0.2) is 0 Å². The third-order valence-electron chi connectivity index (χ3n) is 5.31. The molecule has 0 fully saturated rings. The Kier molecular flexibility index (Phi) is 2.81. The SMILES string of the molecule is COc1c(O)cc2c3c1C1(C=CC(O)CC1)CC3NCC2. The Balaban J connectivity index is 1.97. The summed E-state index contributed by atoms with van der Waals surface area (Å²) in [7, 11) is 1.62. The van der Waals surface area contributed by atoms with E-state index in [0.29, 0.717) is 11.8 Å².